The van der Waals surface area contributed by atoms with E-state index in [4.69, 9.17) is 0 Å². The number of allylic oxidation sites excluding steroid dienone is 1. The third kappa shape index (κ3) is 8.42. The minimum absolute atomic E-state index is 0. The van der Waals surface area contributed by atoms with Crippen LogP contribution in [0.3, 0.4) is 0 Å². The molecule has 0 saturated heterocycles. The van der Waals surface area contributed by atoms with Gasteiger partial charge in [-0.25, -0.2) is 0 Å². The standard InChI is InChI=1S/C11H20S2.2Zn/c1-3-5-7-10-9-11(13-12-10)8-6-4-2;;/h9-10H,3-8H2,1-2H3;;. The van der Waals surface area contributed by atoms with Gasteiger partial charge in [0.1, 0.15) is 0 Å². The maximum Gasteiger partial charge on any atom is 0.0345 e. The average molecular weight is 347 g/mol. The van der Waals surface area contributed by atoms with Crippen LogP contribution in [0.1, 0.15) is 52.4 Å². The fourth-order valence-electron chi connectivity index (χ4n) is 1.40. The van der Waals surface area contributed by atoms with Crippen LogP contribution in [0.15, 0.2) is 11.0 Å². The molecule has 0 N–H and O–H groups in total. The zero-order chi connectivity index (χ0) is 9.52. The van der Waals surface area contributed by atoms with Crippen molar-refractivity contribution in [2.75, 3.05) is 0 Å². The molecule has 0 radical (unpaired) electrons. The molecule has 0 aromatic heterocycles. The maximum atomic E-state index is 2.50. The third-order valence-corrected chi connectivity index (χ3v) is 5.21. The van der Waals surface area contributed by atoms with E-state index >= 15 is 0 Å². The van der Waals surface area contributed by atoms with Gasteiger partial charge in [0, 0.05) is 44.2 Å². The molecule has 1 aliphatic rings. The van der Waals surface area contributed by atoms with Crippen molar-refractivity contribution in [3.8, 4) is 0 Å². The summed E-state index contributed by atoms with van der Waals surface area (Å²) >= 11 is 0. The Kier molecular flexibility index (Phi) is 15.4. The molecule has 15 heavy (non-hydrogen) atoms. The fraction of sp³-hybridized carbons (Fsp3) is 0.818. The number of hydrogen-bond acceptors (Lipinski definition) is 2. The van der Waals surface area contributed by atoms with Crippen molar-refractivity contribution < 1.29 is 39.0 Å². The zero-order valence-corrected chi connectivity index (χ0v) is 17.7. The van der Waals surface area contributed by atoms with Crippen molar-refractivity contribution in [1.82, 2.24) is 0 Å². The Balaban J connectivity index is 0. The van der Waals surface area contributed by atoms with Crippen LogP contribution in [0.4, 0.5) is 0 Å². The van der Waals surface area contributed by atoms with E-state index in [1.165, 1.54) is 38.5 Å². The molecule has 0 aromatic carbocycles. The molecule has 0 fully saturated rings. The van der Waals surface area contributed by atoms with Crippen molar-refractivity contribution in [2.45, 2.75) is 57.6 Å². The Hall–Kier alpha value is 1.69. The molecular weight excluding hydrogens is 327 g/mol. The molecule has 0 aliphatic carbocycles. The molecule has 0 amide bonds. The van der Waals surface area contributed by atoms with E-state index in [0.717, 1.165) is 5.25 Å². The Morgan fingerprint density at radius 3 is 2.40 bits per heavy atom. The average Bonchev–Trinajstić information content (AvgIpc) is 2.59. The van der Waals surface area contributed by atoms with E-state index in [0.29, 0.717) is 0 Å². The normalized spacial score (nSPS) is 19.1. The van der Waals surface area contributed by atoms with Gasteiger partial charge in [-0.2, -0.15) is 0 Å². The van der Waals surface area contributed by atoms with Gasteiger partial charge in [-0.15, -0.1) is 0 Å². The third-order valence-electron chi connectivity index (χ3n) is 2.27. The van der Waals surface area contributed by atoms with E-state index in [1.54, 1.807) is 4.91 Å². The molecule has 4 heteroatoms. The molecule has 1 unspecified atom stereocenters. The second-order valence-corrected chi connectivity index (χ2v) is 6.16. The first-order chi connectivity index (χ1) is 6.36. The summed E-state index contributed by atoms with van der Waals surface area (Å²) in [5.74, 6) is 0. The topological polar surface area (TPSA) is 0 Å². The summed E-state index contributed by atoms with van der Waals surface area (Å²) in [6.07, 6.45) is 10.6. The summed E-state index contributed by atoms with van der Waals surface area (Å²) in [5, 5.41) is 0.816. The summed E-state index contributed by atoms with van der Waals surface area (Å²) in [6.45, 7) is 4.54. The van der Waals surface area contributed by atoms with Crippen LogP contribution in [0, 0.1) is 0 Å². The van der Waals surface area contributed by atoms with Crippen LogP contribution in [-0.2, 0) is 39.0 Å². The fourth-order valence-corrected chi connectivity index (χ4v) is 4.28. The Bertz CT molecular complexity index is 172. The monoisotopic (exact) mass is 344 g/mol. The van der Waals surface area contributed by atoms with Crippen LogP contribution in [0.2, 0.25) is 0 Å². The Labute approximate surface area is 128 Å². The van der Waals surface area contributed by atoms with Crippen molar-refractivity contribution in [3.05, 3.63) is 11.0 Å². The molecular formula is C11H20S2Zn2. The molecule has 0 saturated carbocycles. The molecule has 1 heterocycles. The molecule has 80 valence electrons. The van der Waals surface area contributed by atoms with E-state index in [9.17, 15) is 0 Å². The van der Waals surface area contributed by atoms with Crippen molar-refractivity contribution in [2.24, 2.45) is 0 Å². The van der Waals surface area contributed by atoms with Crippen molar-refractivity contribution in [1.29, 1.82) is 0 Å². The second kappa shape index (κ2) is 12.2. The van der Waals surface area contributed by atoms with E-state index in [-0.39, 0.29) is 39.0 Å². The quantitative estimate of drug-likeness (QED) is 0.489. The van der Waals surface area contributed by atoms with E-state index in [2.05, 4.69) is 30.7 Å². The SMILES string of the molecule is CCCCC1=CC(CCCC)SS1.[Zn].[Zn]. The zero-order valence-electron chi connectivity index (χ0n) is 10.1. The van der Waals surface area contributed by atoms with E-state index < -0.39 is 0 Å². The van der Waals surface area contributed by atoms with Gasteiger partial charge in [0.15, 0.2) is 0 Å². The van der Waals surface area contributed by atoms with Crippen molar-refractivity contribution in [3.63, 3.8) is 0 Å². The first-order valence-electron chi connectivity index (χ1n) is 5.40. The molecule has 1 rings (SSSR count). The smallest absolute Gasteiger partial charge is 0.0345 e. The summed E-state index contributed by atoms with van der Waals surface area (Å²) in [5.41, 5.74) is 0. The molecule has 0 nitrogen and oxygen atoms in total. The van der Waals surface area contributed by atoms with Gasteiger partial charge in [-0.1, -0.05) is 60.8 Å². The number of unbranched alkanes of at least 4 members (excludes halogenated alkanes) is 2. The first kappa shape index (κ1) is 19.0. The molecule has 0 bridgehead atoms. The van der Waals surface area contributed by atoms with Crippen LogP contribution in [0.5, 0.6) is 0 Å². The number of rotatable bonds is 6. The minimum atomic E-state index is 0. The molecule has 1 atom stereocenters. The van der Waals surface area contributed by atoms with Gasteiger partial charge in [-0.05, 0) is 24.2 Å². The second-order valence-electron chi connectivity index (χ2n) is 3.60. The summed E-state index contributed by atoms with van der Waals surface area (Å²) in [6, 6.07) is 0. The van der Waals surface area contributed by atoms with Crippen LogP contribution in [0.25, 0.3) is 0 Å². The number of hydrogen-bond donors (Lipinski definition) is 0. The summed E-state index contributed by atoms with van der Waals surface area (Å²) in [7, 11) is 4.08. The molecule has 0 aromatic rings. The Morgan fingerprint density at radius 2 is 1.80 bits per heavy atom. The predicted molar refractivity (Wildman–Crippen MR) is 66.1 cm³/mol. The van der Waals surface area contributed by atoms with E-state index in [1.807, 2.05) is 10.8 Å². The van der Waals surface area contributed by atoms with Gasteiger partial charge in [-0.3, -0.25) is 0 Å². The van der Waals surface area contributed by atoms with Crippen LogP contribution < -0.4 is 0 Å². The maximum absolute atomic E-state index is 2.50. The van der Waals surface area contributed by atoms with Crippen LogP contribution >= 0.6 is 21.6 Å². The first-order valence-corrected chi connectivity index (χ1v) is 7.62. The summed E-state index contributed by atoms with van der Waals surface area (Å²) < 4.78 is 0. The molecule has 0 spiro atoms. The van der Waals surface area contributed by atoms with Gasteiger partial charge in [0.05, 0.1) is 0 Å². The van der Waals surface area contributed by atoms with Crippen molar-refractivity contribution >= 4 is 21.6 Å². The van der Waals surface area contributed by atoms with Gasteiger partial charge >= 0.3 is 0 Å². The summed E-state index contributed by atoms with van der Waals surface area (Å²) in [4.78, 5) is 1.63. The van der Waals surface area contributed by atoms with Gasteiger partial charge in [0.25, 0.3) is 0 Å². The molecule has 1 aliphatic heterocycles. The minimum Gasteiger partial charge on any atom is -0.0816 e. The van der Waals surface area contributed by atoms with Gasteiger partial charge < -0.3 is 0 Å². The predicted octanol–water partition coefficient (Wildman–Crippen LogP) is 5.01. The van der Waals surface area contributed by atoms with Crippen LogP contribution in [-0.4, -0.2) is 5.25 Å². The van der Waals surface area contributed by atoms with Gasteiger partial charge in [0.2, 0.25) is 0 Å². The largest absolute Gasteiger partial charge is 0.0816 e. The Morgan fingerprint density at radius 1 is 1.13 bits per heavy atom.